The summed E-state index contributed by atoms with van der Waals surface area (Å²) in [5, 5.41) is 11.4. The Morgan fingerprint density at radius 2 is 1.77 bits per heavy atom. The summed E-state index contributed by atoms with van der Waals surface area (Å²) < 4.78 is 7.46. The van der Waals surface area contributed by atoms with Crippen molar-refractivity contribution >= 4 is 28.5 Å². The number of para-hydroxylation sites is 2. The topological polar surface area (TPSA) is 93.3 Å². The molecule has 0 aliphatic carbocycles. The number of aromatic nitrogens is 3. The van der Waals surface area contributed by atoms with Crippen LogP contribution in [0.2, 0.25) is 0 Å². The molecule has 182 valence electrons. The molecule has 0 saturated heterocycles. The Morgan fingerprint density at radius 3 is 2.49 bits per heavy atom. The maximum absolute atomic E-state index is 13.9. The number of fused-ring (bicyclic) bond motifs is 1. The summed E-state index contributed by atoms with van der Waals surface area (Å²) in [6.45, 7) is 8.37. The maximum Gasteiger partial charge on any atom is 0.251 e. The Labute approximate surface area is 204 Å². The van der Waals surface area contributed by atoms with E-state index in [1.54, 1.807) is 16.8 Å². The van der Waals surface area contributed by atoms with Crippen molar-refractivity contribution in [3.8, 4) is 0 Å². The fourth-order valence-corrected chi connectivity index (χ4v) is 4.04. The van der Waals surface area contributed by atoms with Crippen molar-refractivity contribution in [3.63, 3.8) is 0 Å². The van der Waals surface area contributed by atoms with Crippen LogP contribution >= 0.6 is 0 Å². The van der Waals surface area contributed by atoms with E-state index in [-0.39, 0.29) is 18.4 Å². The van der Waals surface area contributed by atoms with Crippen molar-refractivity contribution in [1.29, 1.82) is 0 Å². The van der Waals surface area contributed by atoms with E-state index in [1.807, 2.05) is 62.4 Å². The van der Waals surface area contributed by atoms with Crippen molar-refractivity contribution in [2.75, 3.05) is 11.4 Å². The molecule has 8 heteroatoms. The summed E-state index contributed by atoms with van der Waals surface area (Å²) in [6.07, 6.45) is 0.832. The Hall–Kier alpha value is -3.94. The van der Waals surface area contributed by atoms with Crippen molar-refractivity contribution in [3.05, 3.63) is 77.7 Å². The summed E-state index contributed by atoms with van der Waals surface area (Å²) in [7, 11) is 0. The number of carbonyl (C=O) groups excluding carboxylic acids is 2. The SMILES string of the molecule is Cc1ccc([C@@H](C(=O)NCCC(C)C)N(C(=O)Cn2nnc3ccccc32)c2ccccc2C)o1. The number of furan rings is 1. The number of aryl methyl sites for hydroxylation is 2. The number of nitrogens with zero attached hydrogens (tertiary/aromatic N) is 4. The molecule has 2 aromatic heterocycles. The third kappa shape index (κ3) is 5.42. The molecule has 0 radical (unpaired) electrons. The zero-order valence-electron chi connectivity index (χ0n) is 20.6. The molecule has 1 N–H and O–H groups in total. The van der Waals surface area contributed by atoms with E-state index in [1.165, 1.54) is 4.90 Å². The van der Waals surface area contributed by atoms with Gasteiger partial charge in [-0.1, -0.05) is 49.4 Å². The van der Waals surface area contributed by atoms with Gasteiger partial charge in [-0.25, -0.2) is 4.68 Å². The highest BCUT2D eigenvalue weighted by atomic mass is 16.3. The van der Waals surface area contributed by atoms with E-state index in [0.29, 0.717) is 35.2 Å². The number of amides is 2. The molecule has 0 spiro atoms. The van der Waals surface area contributed by atoms with Gasteiger partial charge in [0.1, 0.15) is 23.6 Å². The Morgan fingerprint density at radius 1 is 1.03 bits per heavy atom. The molecule has 0 fully saturated rings. The standard InChI is InChI=1S/C27H31N5O3/c1-18(2)15-16-28-27(34)26(24-14-13-20(4)35-24)32(22-11-7-5-9-19(22)3)25(33)17-31-23-12-8-6-10-21(23)29-30-31/h5-14,18,26H,15-17H2,1-4H3,(H,28,34)/t26-/m0/s1. The van der Waals surface area contributed by atoms with Crippen LogP contribution in [-0.4, -0.2) is 33.4 Å². The van der Waals surface area contributed by atoms with Gasteiger partial charge in [0.05, 0.1) is 5.52 Å². The third-order valence-electron chi connectivity index (χ3n) is 5.91. The van der Waals surface area contributed by atoms with E-state index >= 15 is 0 Å². The lowest BCUT2D eigenvalue weighted by atomic mass is 10.1. The minimum absolute atomic E-state index is 0.0791. The van der Waals surface area contributed by atoms with Crippen LogP contribution in [-0.2, 0) is 16.1 Å². The minimum atomic E-state index is -0.973. The number of carbonyl (C=O) groups is 2. The minimum Gasteiger partial charge on any atom is -0.464 e. The van der Waals surface area contributed by atoms with Gasteiger partial charge in [-0.05, 0) is 62.1 Å². The molecular weight excluding hydrogens is 442 g/mol. The first kappa shape index (κ1) is 24.2. The Kier molecular flexibility index (Phi) is 7.29. The van der Waals surface area contributed by atoms with E-state index in [4.69, 9.17) is 4.42 Å². The number of nitrogens with one attached hydrogen (secondary N) is 1. The van der Waals surface area contributed by atoms with Gasteiger partial charge in [-0.15, -0.1) is 5.10 Å². The average Bonchev–Trinajstić information content (AvgIpc) is 3.44. The van der Waals surface area contributed by atoms with Crippen molar-refractivity contribution in [1.82, 2.24) is 20.3 Å². The molecule has 0 unspecified atom stereocenters. The molecule has 0 aliphatic heterocycles. The Bertz CT molecular complexity index is 1320. The maximum atomic E-state index is 13.9. The highest BCUT2D eigenvalue weighted by Crippen LogP contribution is 2.32. The van der Waals surface area contributed by atoms with Gasteiger partial charge in [0.15, 0.2) is 6.04 Å². The first-order chi connectivity index (χ1) is 16.8. The summed E-state index contributed by atoms with van der Waals surface area (Å²) >= 11 is 0. The molecule has 35 heavy (non-hydrogen) atoms. The fraction of sp³-hybridized carbons (Fsp3) is 0.333. The predicted molar refractivity (Wildman–Crippen MR) is 135 cm³/mol. The van der Waals surface area contributed by atoms with Crippen LogP contribution in [0.15, 0.2) is 65.1 Å². The predicted octanol–water partition coefficient (Wildman–Crippen LogP) is 4.58. The molecular formula is C27H31N5O3. The quantitative estimate of drug-likeness (QED) is 0.384. The van der Waals surface area contributed by atoms with Crippen LogP contribution in [0.4, 0.5) is 5.69 Å². The number of hydrogen-bond donors (Lipinski definition) is 1. The second-order valence-corrected chi connectivity index (χ2v) is 9.11. The molecule has 2 aromatic carbocycles. The first-order valence-electron chi connectivity index (χ1n) is 11.8. The molecule has 2 heterocycles. The molecule has 0 saturated carbocycles. The van der Waals surface area contributed by atoms with Crippen molar-refractivity contribution < 1.29 is 14.0 Å². The van der Waals surface area contributed by atoms with E-state index in [2.05, 4.69) is 29.5 Å². The molecule has 0 bridgehead atoms. The second-order valence-electron chi connectivity index (χ2n) is 9.11. The summed E-state index contributed by atoms with van der Waals surface area (Å²) in [4.78, 5) is 29.0. The van der Waals surface area contributed by atoms with Crippen molar-refractivity contribution in [2.24, 2.45) is 5.92 Å². The first-order valence-corrected chi connectivity index (χ1v) is 11.8. The highest BCUT2D eigenvalue weighted by molar-refractivity contribution is 6.01. The highest BCUT2D eigenvalue weighted by Gasteiger charge is 2.36. The molecule has 4 aromatic rings. The summed E-state index contributed by atoms with van der Waals surface area (Å²) in [5.74, 6) is 0.923. The van der Waals surface area contributed by atoms with Crippen molar-refractivity contribution in [2.45, 2.75) is 46.7 Å². The lowest BCUT2D eigenvalue weighted by Gasteiger charge is -2.31. The van der Waals surface area contributed by atoms with Crippen LogP contribution in [0.3, 0.4) is 0 Å². The van der Waals surface area contributed by atoms with Gasteiger partial charge in [0, 0.05) is 12.2 Å². The second kappa shape index (κ2) is 10.5. The molecule has 2 amide bonds. The van der Waals surface area contributed by atoms with Gasteiger partial charge >= 0.3 is 0 Å². The molecule has 8 nitrogen and oxygen atoms in total. The lowest BCUT2D eigenvalue weighted by molar-refractivity contribution is -0.127. The number of benzene rings is 2. The number of anilines is 1. The van der Waals surface area contributed by atoms with Crippen LogP contribution in [0.25, 0.3) is 11.0 Å². The third-order valence-corrected chi connectivity index (χ3v) is 5.91. The fourth-order valence-electron chi connectivity index (χ4n) is 4.04. The van der Waals surface area contributed by atoms with Crippen LogP contribution in [0.1, 0.15) is 43.4 Å². The van der Waals surface area contributed by atoms with E-state index in [9.17, 15) is 9.59 Å². The average molecular weight is 474 g/mol. The molecule has 4 rings (SSSR count). The van der Waals surface area contributed by atoms with Crippen LogP contribution in [0.5, 0.6) is 0 Å². The normalized spacial score (nSPS) is 12.1. The van der Waals surface area contributed by atoms with Gasteiger partial charge in [0.25, 0.3) is 5.91 Å². The zero-order chi connectivity index (χ0) is 24.9. The van der Waals surface area contributed by atoms with E-state index in [0.717, 1.165) is 17.5 Å². The monoisotopic (exact) mass is 473 g/mol. The number of hydrogen-bond acceptors (Lipinski definition) is 5. The van der Waals surface area contributed by atoms with Gasteiger partial charge < -0.3 is 9.73 Å². The summed E-state index contributed by atoms with van der Waals surface area (Å²) in [5.41, 5.74) is 2.96. The van der Waals surface area contributed by atoms with Gasteiger partial charge in [-0.3, -0.25) is 14.5 Å². The number of rotatable bonds is 9. The van der Waals surface area contributed by atoms with E-state index < -0.39 is 6.04 Å². The largest absolute Gasteiger partial charge is 0.464 e. The smallest absolute Gasteiger partial charge is 0.251 e. The van der Waals surface area contributed by atoms with Gasteiger partial charge in [0.2, 0.25) is 5.91 Å². The lowest BCUT2D eigenvalue weighted by Crippen LogP contribution is -2.45. The summed E-state index contributed by atoms with van der Waals surface area (Å²) in [6, 6.07) is 17.6. The Balaban J connectivity index is 1.75. The molecule has 0 aliphatic rings. The zero-order valence-corrected chi connectivity index (χ0v) is 20.6. The van der Waals surface area contributed by atoms with Crippen LogP contribution in [0, 0.1) is 19.8 Å². The van der Waals surface area contributed by atoms with Crippen LogP contribution < -0.4 is 10.2 Å². The van der Waals surface area contributed by atoms with Gasteiger partial charge in [-0.2, -0.15) is 0 Å². The molecule has 1 atom stereocenters.